The summed E-state index contributed by atoms with van der Waals surface area (Å²) in [6.45, 7) is 1.89. The van der Waals surface area contributed by atoms with Gasteiger partial charge in [-0.3, -0.25) is 4.79 Å². The summed E-state index contributed by atoms with van der Waals surface area (Å²) in [5.41, 5.74) is 4.61. The molecule has 4 heteroatoms. The van der Waals surface area contributed by atoms with E-state index in [1.807, 2.05) is 31.2 Å². The molecule has 0 N–H and O–H groups in total. The fourth-order valence-electron chi connectivity index (χ4n) is 3.98. The first-order valence-electron chi connectivity index (χ1n) is 8.85. The minimum absolute atomic E-state index is 0.00102. The van der Waals surface area contributed by atoms with Crippen LogP contribution in [0.15, 0.2) is 53.6 Å². The van der Waals surface area contributed by atoms with Gasteiger partial charge in [0.1, 0.15) is 5.75 Å². The van der Waals surface area contributed by atoms with Gasteiger partial charge < -0.3 is 4.74 Å². The quantitative estimate of drug-likeness (QED) is 0.853. The van der Waals surface area contributed by atoms with Gasteiger partial charge in [0, 0.05) is 17.9 Å². The van der Waals surface area contributed by atoms with E-state index in [1.54, 1.807) is 12.1 Å². The van der Waals surface area contributed by atoms with Gasteiger partial charge in [-0.05, 0) is 42.2 Å². The van der Waals surface area contributed by atoms with Gasteiger partial charge in [0.25, 0.3) is 0 Å². The molecule has 0 saturated heterocycles. The summed E-state index contributed by atoms with van der Waals surface area (Å²) in [7, 11) is 1.69. The molecule has 2 aromatic rings. The van der Waals surface area contributed by atoms with Gasteiger partial charge in [-0.2, -0.15) is 5.10 Å². The van der Waals surface area contributed by atoms with Crippen molar-refractivity contribution in [3.63, 3.8) is 0 Å². The Morgan fingerprint density at radius 3 is 2.76 bits per heavy atom. The van der Waals surface area contributed by atoms with E-state index in [9.17, 15) is 4.79 Å². The third-order valence-electron chi connectivity index (χ3n) is 5.22. The predicted molar refractivity (Wildman–Crippen MR) is 97.7 cm³/mol. The number of carbonyl (C=O) groups excluding carboxylic acids is 1. The van der Waals surface area contributed by atoms with E-state index in [-0.39, 0.29) is 17.9 Å². The molecule has 0 aromatic heterocycles. The Kier molecular flexibility index (Phi) is 4.04. The molecule has 0 unspecified atom stereocenters. The topological polar surface area (TPSA) is 41.9 Å². The average Bonchev–Trinajstić information content (AvgIpc) is 3.07. The van der Waals surface area contributed by atoms with Crippen molar-refractivity contribution in [1.82, 2.24) is 5.01 Å². The fourth-order valence-corrected chi connectivity index (χ4v) is 3.98. The second kappa shape index (κ2) is 6.36. The Hall–Kier alpha value is -2.62. The van der Waals surface area contributed by atoms with Gasteiger partial charge in [0.2, 0.25) is 5.91 Å². The molecule has 0 fully saturated rings. The van der Waals surface area contributed by atoms with Crippen LogP contribution in [0.5, 0.6) is 5.75 Å². The number of amides is 1. The number of fused-ring (bicyclic) bond motifs is 3. The highest BCUT2D eigenvalue weighted by molar-refractivity contribution is 6.07. The molecular weight excluding hydrogens is 312 g/mol. The maximum Gasteiger partial charge on any atom is 0.242 e. The Balaban J connectivity index is 1.79. The number of ether oxygens (including phenoxy) is 1. The number of hydrazone groups is 1. The molecule has 0 spiro atoms. The summed E-state index contributed by atoms with van der Waals surface area (Å²) in [6.07, 6.45) is 2.43. The number of benzene rings is 2. The SMILES string of the molecule is CCC(=O)N1N=C2c3ccc(OC)cc3CC[C@@H]2[C@@H]1c1ccccc1. The molecule has 25 heavy (non-hydrogen) atoms. The van der Waals surface area contributed by atoms with Crippen molar-refractivity contribution in [3.8, 4) is 5.75 Å². The minimum Gasteiger partial charge on any atom is -0.497 e. The third kappa shape index (κ3) is 2.62. The van der Waals surface area contributed by atoms with Crippen molar-refractivity contribution in [1.29, 1.82) is 0 Å². The molecule has 0 radical (unpaired) electrons. The Bertz CT molecular complexity index is 829. The molecular formula is C21H22N2O2. The summed E-state index contributed by atoms with van der Waals surface area (Å²) >= 11 is 0. The Morgan fingerprint density at radius 1 is 1.24 bits per heavy atom. The van der Waals surface area contributed by atoms with Crippen LogP contribution in [0.1, 0.15) is 42.5 Å². The van der Waals surface area contributed by atoms with Gasteiger partial charge in [-0.15, -0.1) is 0 Å². The van der Waals surface area contributed by atoms with Crippen LogP contribution in [0.25, 0.3) is 0 Å². The number of hydrogen-bond acceptors (Lipinski definition) is 3. The first-order valence-corrected chi connectivity index (χ1v) is 8.85. The summed E-state index contributed by atoms with van der Waals surface area (Å²) in [5.74, 6) is 1.20. The van der Waals surface area contributed by atoms with E-state index >= 15 is 0 Å². The lowest BCUT2D eigenvalue weighted by molar-refractivity contribution is -0.133. The zero-order chi connectivity index (χ0) is 17.4. The van der Waals surface area contributed by atoms with Gasteiger partial charge in [0.05, 0.1) is 18.9 Å². The summed E-state index contributed by atoms with van der Waals surface area (Å²) in [5, 5.41) is 6.51. The predicted octanol–water partition coefficient (Wildman–Crippen LogP) is 3.96. The van der Waals surface area contributed by atoms with Gasteiger partial charge in [-0.25, -0.2) is 5.01 Å². The van der Waals surface area contributed by atoms with Crippen LogP contribution in [0, 0.1) is 5.92 Å². The van der Waals surface area contributed by atoms with Crippen LogP contribution >= 0.6 is 0 Å². The molecule has 1 aliphatic carbocycles. The monoisotopic (exact) mass is 334 g/mol. The van der Waals surface area contributed by atoms with Crippen LogP contribution in [0.4, 0.5) is 0 Å². The minimum atomic E-state index is -0.00102. The van der Waals surface area contributed by atoms with Crippen molar-refractivity contribution in [2.75, 3.05) is 7.11 Å². The van der Waals surface area contributed by atoms with Crippen LogP contribution < -0.4 is 4.74 Å². The second-order valence-electron chi connectivity index (χ2n) is 6.60. The molecule has 0 saturated carbocycles. The van der Waals surface area contributed by atoms with E-state index in [2.05, 4.69) is 24.3 Å². The normalized spacial score (nSPS) is 21.4. The number of hydrogen-bond donors (Lipinski definition) is 0. The van der Waals surface area contributed by atoms with Crippen LogP contribution in [-0.2, 0) is 11.2 Å². The average molecular weight is 334 g/mol. The number of rotatable bonds is 3. The Morgan fingerprint density at radius 2 is 2.04 bits per heavy atom. The number of aryl methyl sites for hydroxylation is 1. The lowest BCUT2D eigenvalue weighted by atomic mass is 9.77. The number of carbonyl (C=O) groups is 1. The van der Waals surface area contributed by atoms with E-state index in [4.69, 9.17) is 9.84 Å². The molecule has 128 valence electrons. The highest BCUT2D eigenvalue weighted by Crippen LogP contribution is 2.44. The van der Waals surface area contributed by atoms with Gasteiger partial charge in [-0.1, -0.05) is 37.3 Å². The molecule has 2 aromatic carbocycles. The molecule has 1 aliphatic heterocycles. The maximum absolute atomic E-state index is 12.6. The van der Waals surface area contributed by atoms with Gasteiger partial charge in [0.15, 0.2) is 0 Å². The lowest BCUT2D eigenvalue weighted by Crippen LogP contribution is -2.31. The van der Waals surface area contributed by atoms with Crippen LogP contribution in [0.2, 0.25) is 0 Å². The van der Waals surface area contributed by atoms with Crippen molar-refractivity contribution in [3.05, 3.63) is 65.2 Å². The van der Waals surface area contributed by atoms with Crippen molar-refractivity contribution < 1.29 is 9.53 Å². The van der Waals surface area contributed by atoms with Crippen LogP contribution in [0.3, 0.4) is 0 Å². The van der Waals surface area contributed by atoms with Crippen molar-refractivity contribution >= 4 is 11.6 Å². The van der Waals surface area contributed by atoms with E-state index in [1.165, 1.54) is 5.56 Å². The molecule has 0 bridgehead atoms. The molecule has 2 atom stereocenters. The second-order valence-corrected chi connectivity index (χ2v) is 6.60. The maximum atomic E-state index is 12.6. The first-order chi connectivity index (χ1) is 12.2. The lowest BCUT2D eigenvalue weighted by Gasteiger charge is -2.29. The highest BCUT2D eigenvalue weighted by atomic mass is 16.5. The Labute approximate surface area is 148 Å². The molecule has 4 rings (SSSR count). The number of nitrogens with zero attached hydrogens (tertiary/aromatic N) is 2. The van der Waals surface area contributed by atoms with Gasteiger partial charge >= 0.3 is 0 Å². The highest BCUT2D eigenvalue weighted by Gasteiger charge is 2.43. The van der Waals surface area contributed by atoms with Crippen LogP contribution in [-0.4, -0.2) is 23.7 Å². The van der Waals surface area contributed by atoms with E-state index in [0.717, 1.165) is 35.4 Å². The molecule has 2 aliphatic rings. The summed E-state index contributed by atoms with van der Waals surface area (Å²) < 4.78 is 5.35. The zero-order valence-electron chi connectivity index (χ0n) is 14.6. The number of methoxy groups -OCH3 is 1. The van der Waals surface area contributed by atoms with E-state index in [0.29, 0.717) is 6.42 Å². The van der Waals surface area contributed by atoms with Crippen molar-refractivity contribution in [2.24, 2.45) is 11.0 Å². The smallest absolute Gasteiger partial charge is 0.242 e. The standard InChI is InChI=1S/C21H22N2O2/c1-3-19(24)23-21(14-7-5-4-6-8-14)18-11-9-15-13-16(25-2)10-12-17(15)20(18)22-23/h4-8,10,12-13,18,21H,3,9,11H2,1-2H3/t18-,21-/m0/s1. The fraction of sp³-hybridized carbons (Fsp3) is 0.333. The molecule has 1 amide bonds. The van der Waals surface area contributed by atoms with E-state index < -0.39 is 0 Å². The summed E-state index contributed by atoms with van der Waals surface area (Å²) in [6, 6.07) is 16.4. The largest absolute Gasteiger partial charge is 0.497 e. The molecule has 4 nitrogen and oxygen atoms in total. The first kappa shape index (κ1) is 15.9. The summed E-state index contributed by atoms with van der Waals surface area (Å²) in [4.78, 5) is 12.6. The molecule has 1 heterocycles. The third-order valence-corrected chi connectivity index (χ3v) is 5.22. The van der Waals surface area contributed by atoms with Crippen molar-refractivity contribution in [2.45, 2.75) is 32.2 Å². The zero-order valence-corrected chi connectivity index (χ0v) is 14.6.